The van der Waals surface area contributed by atoms with E-state index in [0.29, 0.717) is 38.5 Å². The number of nitrogens with two attached hydrogens (primary N) is 2. The van der Waals surface area contributed by atoms with Gasteiger partial charge in [0.25, 0.3) is 0 Å². The second-order valence-corrected chi connectivity index (χ2v) is 6.98. The minimum Gasteiger partial charge on any atom is -0.457 e. The summed E-state index contributed by atoms with van der Waals surface area (Å²) in [6, 6.07) is 11.6. The molecule has 0 spiro atoms. The maximum Gasteiger partial charge on any atom is 0.416 e. The molecule has 0 aromatic heterocycles. The SMILES string of the molecule is N/N=C(\N)NC(=O)N1CCN(Cc2cccc(Oc3cccc(C(F)(F)F)c3)c2)CC1. The molecule has 2 aromatic rings. The highest BCUT2D eigenvalue weighted by atomic mass is 19.4. The first-order valence-electron chi connectivity index (χ1n) is 9.50. The maximum absolute atomic E-state index is 12.9. The molecule has 5 N–H and O–H groups in total. The van der Waals surface area contributed by atoms with Crippen molar-refractivity contribution in [2.45, 2.75) is 12.7 Å². The Balaban J connectivity index is 1.56. The average molecular weight is 436 g/mol. The van der Waals surface area contributed by atoms with Crippen LogP contribution in [0.25, 0.3) is 0 Å². The van der Waals surface area contributed by atoms with Crippen molar-refractivity contribution < 1.29 is 22.7 Å². The highest BCUT2D eigenvalue weighted by Crippen LogP contribution is 2.32. The standard InChI is InChI=1S/C20H23F3N6O2/c21-20(22,23)15-4-2-6-17(12-15)31-16-5-1-3-14(11-16)13-28-7-9-29(10-8-28)19(30)26-18(24)27-25/h1-6,11-12H,7-10,13,25H2,(H3,24,26,27,30). The molecule has 1 heterocycles. The molecular weight excluding hydrogens is 413 g/mol. The normalized spacial score (nSPS) is 15.6. The molecular formula is C20H23F3N6O2. The van der Waals surface area contributed by atoms with E-state index in [9.17, 15) is 18.0 Å². The molecule has 1 aliphatic rings. The molecule has 2 aromatic carbocycles. The summed E-state index contributed by atoms with van der Waals surface area (Å²) >= 11 is 0. The third kappa shape index (κ3) is 6.25. The van der Waals surface area contributed by atoms with Gasteiger partial charge in [0.2, 0.25) is 5.96 Å². The van der Waals surface area contributed by atoms with Crippen LogP contribution < -0.4 is 21.6 Å². The Hall–Kier alpha value is -3.47. The van der Waals surface area contributed by atoms with Crippen LogP contribution in [-0.4, -0.2) is 48.0 Å². The Kier molecular flexibility index (Phi) is 6.85. The Morgan fingerprint density at radius 3 is 2.35 bits per heavy atom. The zero-order valence-corrected chi connectivity index (χ0v) is 16.6. The number of benzene rings is 2. The van der Waals surface area contributed by atoms with Gasteiger partial charge < -0.3 is 21.2 Å². The molecule has 1 fully saturated rings. The minimum absolute atomic E-state index is 0.117. The lowest BCUT2D eigenvalue weighted by Gasteiger charge is -2.34. The number of urea groups is 1. The molecule has 166 valence electrons. The fraction of sp³-hybridized carbons (Fsp3) is 0.300. The number of halogens is 3. The van der Waals surface area contributed by atoms with Gasteiger partial charge in [-0.25, -0.2) is 4.79 Å². The van der Waals surface area contributed by atoms with Gasteiger partial charge in [-0.15, -0.1) is 5.10 Å². The Morgan fingerprint density at radius 2 is 1.71 bits per heavy atom. The summed E-state index contributed by atoms with van der Waals surface area (Å²) in [6.45, 7) is 2.91. The zero-order valence-electron chi connectivity index (χ0n) is 16.6. The molecule has 0 radical (unpaired) electrons. The van der Waals surface area contributed by atoms with Crippen molar-refractivity contribution in [3.8, 4) is 11.5 Å². The number of piperazine rings is 1. The van der Waals surface area contributed by atoms with Crippen LogP contribution in [0.2, 0.25) is 0 Å². The van der Waals surface area contributed by atoms with E-state index in [0.717, 1.165) is 17.7 Å². The third-order valence-electron chi connectivity index (χ3n) is 4.74. The van der Waals surface area contributed by atoms with Crippen LogP contribution in [0, 0.1) is 0 Å². The number of hydrazone groups is 1. The molecule has 0 saturated carbocycles. The summed E-state index contributed by atoms with van der Waals surface area (Å²) in [5.41, 5.74) is 5.58. The number of carbonyl (C=O) groups is 1. The van der Waals surface area contributed by atoms with Crippen molar-refractivity contribution in [1.29, 1.82) is 0 Å². The van der Waals surface area contributed by atoms with Crippen LogP contribution in [-0.2, 0) is 12.7 Å². The van der Waals surface area contributed by atoms with Gasteiger partial charge in [0.1, 0.15) is 11.5 Å². The van der Waals surface area contributed by atoms with Gasteiger partial charge in [-0.05, 0) is 35.9 Å². The fourth-order valence-electron chi connectivity index (χ4n) is 3.17. The van der Waals surface area contributed by atoms with Crippen LogP contribution in [0.5, 0.6) is 11.5 Å². The van der Waals surface area contributed by atoms with E-state index in [-0.39, 0.29) is 17.7 Å². The number of hydrogen-bond acceptors (Lipinski definition) is 5. The zero-order chi connectivity index (χ0) is 22.4. The van der Waals surface area contributed by atoms with Crippen molar-refractivity contribution in [2.24, 2.45) is 16.7 Å². The van der Waals surface area contributed by atoms with Crippen molar-refractivity contribution >= 4 is 12.0 Å². The van der Waals surface area contributed by atoms with E-state index in [1.807, 2.05) is 6.07 Å². The molecule has 0 bridgehead atoms. The van der Waals surface area contributed by atoms with Crippen LogP contribution in [0.4, 0.5) is 18.0 Å². The largest absolute Gasteiger partial charge is 0.457 e. The topological polar surface area (TPSA) is 109 Å². The van der Waals surface area contributed by atoms with Gasteiger partial charge in [-0.1, -0.05) is 18.2 Å². The molecule has 31 heavy (non-hydrogen) atoms. The second kappa shape index (κ2) is 9.56. The number of hydrogen-bond donors (Lipinski definition) is 3. The highest BCUT2D eigenvalue weighted by Gasteiger charge is 2.30. The van der Waals surface area contributed by atoms with E-state index in [2.05, 4.69) is 15.3 Å². The van der Waals surface area contributed by atoms with Gasteiger partial charge in [-0.3, -0.25) is 10.2 Å². The predicted octanol–water partition coefficient (Wildman–Crippen LogP) is 2.51. The smallest absolute Gasteiger partial charge is 0.416 e. The van der Waals surface area contributed by atoms with E-state index >= 15 is 0 Å². The number of ether oxygens (including phenoxy) is 1. The first kappa shape index (κ1) is 22.2. The van der Waals surface area contributed by atoms with Gasteiger partial charge in [0.15, 0.2) is 0 Å². The fourth-order valence-corrected chi connectivity index (χ4v) is 3.17. The number of guanidine groups is 1. The first-order chi connectivity index (χ1) is 14.7. The van der Waals surface area contributed by atoms with Crippen LogP contribution in [0.1, 0.15) is 11.1 Å². The van der Waals surface area contributed by atoms with E-state index in [1.165, 1.54) is 12.1 Å². The quantitative estimate of drug-likeness (QED) is 0.295. The number of amides is 2. The summed E-state index contributed by atoms with van der Waals surface area (Å²) < 4.78 is 44.3. The average Bonchev–Trinajstić information content (AvgIpc) is 2.74. The molecule has 11 heteroatoms. The van der Waals surface area contributed by atoms with Crippen molar-refractivity contribution in [3.05, 3.63) is 59.7 Å². The predicted molar refractivity (Wildman–Crippen MR) is 109 cm³/mol. The maximum atomic E-state index is 12.9. The van der Waals surface area contributed by atoms with Crippen LogP contribution in [0.3, 0.4) is 0 Å². The van der Waals surface area contributed by atoms with Crippen LogP contribution in [0.15, 0.2) is 53.6 Å². The Labute approximate surface area is 177 Å². The molecule has 3 rings (SSSR count). The molecule has 2 amide bonds. The Morgan fingerprint density at radius 1 is 1.06 bits per heavy atom. The monoisotopic (exact) mass is 436 g/mol. The third-order valence-corrected chi connectivity index (χ3v) is 4.74. The summed E-state index contributed by atoms with van der Waals surface area (Å²) in [5.74, 6) is 5.43. The van der Waals surface area contributed by atoms with E-state index < -0.39 is 11.7 Å². The van der Waals surface area contributed by atoms with Crippen LogP contribution >= 0.6 is 0 Å². The van der Waals surface area contributed by atoms with Crippen molar-refractivity contribution in [2.75, 3.05) is 26.2 Å². The highest BCUT2D eigenvalue weighted by molar-refractivity contribution is 5.95. The second-order valence-electron chi connectivity index (χ2n) is 6.98. The number of nitrogens with zero attached hydrogens (tertiary/aromatic N) is 3. The van der Waals surface area contributed by atoms with Gasteiger partial charge >= 0.3 is 12.2 Å². The van der Waals surface area contributed by atoms with E-state index in [4.69, 9.17) is 16.3 Å². The lowest BCUT2D eigenvalue weighted by molar-refractivity contribution is -0.137. The minimum atomic E-state index is -4.43. The molecule has 8 nitrogen and oxygen atoms in total. The summed E-state index contributed by atoms with van der Waals surface area (Å²) in [5, 5.41) is 5.60. The van der Waals surface area contributed by atoms with Crippen molar-refractivity contribution in [3.63, 3.8) is 0 Å². The molecule has 1 aliphatic heterocycles. The molecule has 0 unspecified atom stereocenters. The number of alkyl halides is 3. The number of nitrogens with one attached hydrogen (secondary N) is 1. The van der Waals surface area contributed by atoms with Gasteiger partial charge in [0.05, 0.1) is 5.56 Å². The summed E-state index contributed by atoms with van der Waals surface area (Å²) in [7, 11) is 0. The lowest BCUT2D eigenvalue weighted by Crippen LogP contribution is -2.53. The van der Waals surface area contributed by atoms with Gasteiger partial charge in [-0.2, -0.15) is 13.2 Å². The summed E-state index contributed by atoms with van der Waals surface area (Å²) in [4.78, 5) is 15.8. The molecule has 0 aliphatic carbocycles. The van der Waals surface area contributed by atoms with Crippen molar-refractivity contribution in [1.82, 2.24) is 15.1 Å². The number of rotatable bonds is 4. The molecule has 0 atom stereocenters. The Bertz CT molecular complexity index is 943. The summed E-state index contributed by atoms with van der Waals surface area (Å²) in [6.07, 6.45) is -4.43. The number of carbonyl (C=O) groups excluding carboxylic acids is 1. The molecule has 1 saturated heterocycles. The van der Waals surface area contributed by atoms with E-state index in [1.54, 1.807) is 23.1 Å². The first-order valence-corrected chi connectivity index (χ1v) is 9.50. The van der Waals surface area contributed by atoms with Gasteiger partial charge in [0, 0.05) is 32.7 Å². The lowest BCUT2D eigenvalue weighted by atomic mass is 10.2.